The van der Waals surface area contributed by atoms with E-state index in [1.165, 1.54) is 0 Å². The van der Waals surface area contributed by atoms with Gasteiger partial charge in [0.25, 0.3) is 0 Å². The monoisotopic (exact) mass is 193 g/mol. The summed E-state index contributed by atoms with van der Waals surface area (Å²) in [7, 11) is 2.06. The van der Waals surface area contributed by atoms with Crippen LogP contribution in [0.2, 0.25) is 0 Å². The number of anilines is 1. The van der Waals surface area contributed by atoms with E-state index in [4.69, 9.17) is 0 Å². The van der Waals surface area contributed by atoms with Crippen LogP contribution >= 0.6 is 0 Å². The first-order valence-electron chi connectivity index (χ1n) is 5.05. The Balaban J connectivity index is 2.32. The lowest BCUT2D eigenvalue weighted by Gasteiger charge is -2.18. The van der Waals surface area contributed by atoms with Gasteiger partial charge in [0.2, 0.25) is 0 Å². The molecule has 1 aromatic rings. The lowest BCUT2D eigenvalue weighted by molar-refractivity contribution is 0.588. The van der Waals surface area contributed by atoms with E-state index in [0.29, 0.717) is 6.04 Å². The van der Waals surface area contributed by atoms with E-state index in [0.717, 1.165) is 18.9 Å². The minimum atomic E-state index is 0.548. The van der Waals surface area contributed by atoms with Gasteiger partial charge < -0.3 is 10.2 Å². The Hall–Kier alpha value is -1.09. The van der Waals surface area contributed by atoms with Gasteiger partial charge in [-0.3, -0.25) is 0 Å². The van der Waals surface area contributed by atoms with Gasteiger partial charge in [-0.25, -0.2) is 4.98 Å². The van der Waals surface area contributed by atoms with Crippen LogP contribution in [0.5, 0.6) is 0 Å². The molecule has 0 fully saturated rings. The summed E-state index contributed by atoms with van der Waals surface area (Å²) in [5, 5.41) is 3.38. The standard InChI is InChI=1S/C11H19N3/c1-10(2)12-8-9-14(3)11-6-4-5-7-13-11/h4-7,10,12H,8-9H2,1-3H3. The van der Waals surface area contributed by atoms with Crippen LogP contribution in [0.15, 0.2) is 24.4 Å². The number of hydrogen-bond acceptors (Lipinski definition) is 3. The SMILES string of the molecule is CC(C)NCCN(C)c1ccccn1. The zero-order valence-corrected chi connectivity index (χ0v) is 9.20. The molecular weight excluding hydrogens is 174 g/mol. The first kappa shape index (κ1) is 11.0. The quantitative estimate of drug-likeness (QED) is 0.768. The molecule has 0 amide bonds. The highest BCUT2D eigenvalue weighted by Gasteiger charge is 2.00. The molecule has 0 unspecified atom stereocenters. The fraction of sp³-hybridized carbons (Fsp3) is 0.545. The highest BCUT2D eigenvalue weighted by Crippen LogP contribution is 2.04. The number of aromatic nitrogens is 1. The topological polar surface area (TPSA) is 28.2 Å². The van der Waals surface area contributed by atoms with E-state index in [1.54, 1.807) is 0 Å². The number of pyridine rings is 1. The van der Waals surface area contributed by atoms with Gasteiger partial charge in [0.15, 0.2) is 0 Å². The van der Waals surface area contributed by atoms with E-state index >= 15 is 0 Å². The van der Waals surface area contributed by atoms with Crippen LogP contribution < -0.4 is 10.2 Å². The third-order valence-electron chi connectivity index (χ3n) is 2.04. The maximum absolute atomic E-state index is 4.27. The third-order valence-corrected chi connectivity index (χ3v) is 2.04. The average molecular weight is 193 g/mol. The summed E-state index contributed by atoms with van der Waals surface area (Å²) in [5.41, 5.74) is 0. The lowest BCUT2D eigenvalue weighted by Crippen LogP contribution is -2.33. The van der Waals surface area contributed by atoms with Gasteiger partial charge in [-0.2, -0.15) is 0 Å². The summed E-state index contributed by atoms with van der Waals surface area (Å²) in [4.78, 5) is 6.42. The summed E-state index contributed by atoms with van der Waals surface area (Å²) in [6.07, 6.45) is 1.82. The van der Waals surface area contributed by atoms with Crippen molar-refractivity contribution in [3.05, 3.63) is 24.4 Å². The van der Waals surface area contributed by atoms with Crippen molar-refractivity contribution in [2.24, 2.45) is 0 Å². The zero-order chi connectivity index (χ0) is 10.4. The maximum atomic E-state index is 4.27. The molecule has 0 aliphatic heterocycles. The van der Waals surface area contributed by atoms with Crippen molar-refractivity contribution in [1.29, 1.82) is 0 Å². The number of nitrogens with one attached hydrogen (secondary N) is 1. The first-order valence-corrected chi connectivity index (χ1v) is 5.05. The Bertz CT molecular complexity index is 246. The molecule has 1 heterocycles. The molecular formula is C11H19N3. The summed E-state index contributed by atoms with van der Waals surface area (Å²) in [6.45, 7) is 6.28. The Morgan fingerprint density at radius 3 is 2.79 bits per heavy atom. The van der Waals surface area contributed by atoms with Gasteiger partial charge in [-0.15, -0.1) is 0 Å². The normalized spacial score (nSPS) is 10.6. The molecule has 0 saturated heterocycles. The minimum absolute atomic E-state index is 0.548. The summed E-state index contributed by atoms with van der Waals surface area (Å²) < 4.78 is 0. The molecule has 0 aromatic carbocycles. The van der Waals surface area contributed by atoms with Gasteiger partial charge in [-0.05, 0) is 12.1 Å². The summed E-state index contributed by atoms with van der Waals surface area (Å²) >= 11 is 0. The second-order valence-electron chi connectivity index (χ2n) is 3.72. The summed E-state index contributed by atoms with van der Waals surface area (Å²) in [5.74, 6) is 1.03. The second kappa shape index (κ2) is 5.60. The van der Waals surface area contributed by atoms with E-state index in [1.807, 2.05) is 24.4 Å². The van der Waals surface area contributed by atoms with Crippen LogP contribution in [0.3, 0.4) is 0 Å². The van der Waals surface area contributed by atoms with Crippen molar-refractivity contribution in [3.8, 4) is 0 Å². The Morgan fingerprint density at radius 1 is 1.43 bits per heavy atom. The van der Waals surface area contributed by atoms with E-state index < -0.39 is 0 Å². The van der Waals surface area contributed by atoms with Crippen molar-refractivity contribution in [3.63, 3.8) is 0 Å². The van der Waals surface area contributed by atoms with Gasteiger partial charge in [0.05, 0.1) is 0 Å². The molecule has 14 heavy (non-hydrogen) atoms. The van der Waals surface area contributed by atoms with Gasteiger partial charge in [0.1, 0.15) is 5.82 Å². The highest BCUT2D eigenvalue weighted by molar-refractivity contribution is 5.36. The largest absolute Gasteiger partial charge is 0.358 e. The molecule has 0 aliphatic rings. The van der Waals surface area contributed by atoms with Crippen LogP contribution in [0.25, 0.3) is 0 Å². The highest BCUT2D eigenvalue weighted by atomic mass is 15.2. The molecule has 0 aliphatic carbocycles. The number of nitrogens with zero attached hydrogens (tertiary/aromatic N) is 2. The Kier molecular flexibility index (Phi) is 4.40. The molecule has 0 spiro atoms. The molecule has 0 radical (unpaired) electrons. The van der Waals surface area contributed by atoms with Crippen molar-refractivity contribution in [1.82, 2.24) is 10.3 Å². The lowest BCUT2D eigenvalue weighted by atomic mass is 10.4. The van der Waals surface area contributed by atoms with E-state index in [-0.39, 0.29) is 0 Å². The third kappa shape index (κ3) is 3.75. The smallest absolute Gasteiger partial charge is 0.128 e. The molecule has 3 nitrogen and oxygen atoms in total. The number of rotatable bonds is 5. The number of hydrogen-bond donors (Lipinski definition) is 1. The number of likely N-dealkylation sites (N-methyl/N-ethyl adjacent to an activating group) is 1. The van der Waals surface area contributed by atoms with Crippen LogP contribution in [-0.2, 0) is 0 Å². The van der Waals surface area contributed by atoms with Crippen molar-refractivity contribution >= 4 is 5.82 Å². The zero-order valence-electron chi connectivity index (χ0n) is 9.20. The predicted molar refractivity (Wildman–Crippen MR) is 60.6 cm³/mol. The molecule has 1 aromatic heterocycles. The molecule has 0 saturated carbocycles. The molecule has 1 rings (SSSR count). The second-order valence-corrected chi connectivity index (χ2v) is 3.72. The van der Waals surface area contributed by atoms with Crippen molar-refractivity contribution < 1.29 is 0 Å². The fourth-order valence-electron chi connectivity index (χ4n) is 1.22. The molecule has 1 N–H and O–H groups in total. The van der Waals surface area contributed by atoms with Gasteiger partial charge >= 0.3 is 0 Å². The first-order chi connectivity index (χ1) is 6.70. The van der Waals surface area contributed by atoms with E-state index in [2.05, 4.69) is 36.1 Å². The summed E-state index contributed by atoms with van der Waals surface area (Å²) in [6, 6.07) is 6.51. The molecule has 78 valence electrons. The van der Waals surface area contributed by atoms with Crippen molar-refractivity contribution in [2.75, 3.05) is 25.0 Å². The fourth-order valence-corrected chi connectivity index (χ4v) is 1.22. The predicted octanol–water partition coefficient (Wildman–Crippen LogP) is 1.52. The maximum Gasteiger partial charge on any atom is 0.128 e. The van der Waals surface area contributed by atoms with Crippen LogP contribution in [0, 0.1) is 0 Å². The molecule has 0 bridgehead atoms. The van der Waals surface area contributed by atoms with Crippen LogP contribution in [-0.4, -0.2) is 31.2 Å². The van der Waals surface area contributed by atoms with Crippen molar-refractivity contribution in [2.45, 2.75) is 19.9 Å². The average Bonchev–Trinajstić information content (AvgIpc) is 2.18. The Labute approximate surface area is 86.2 Å². The molecule has 0 atom stereocenters. The molecule has 3 heteroatoms. The van der Waals surface area contributed by atoms with Gasteiger partial charge in [-0.1, -0.05) is 19.9 Å². The van der Waals surface area contributed by atoms with Crippen LogP contribution in [0.1, 0.15) is 13.8 Å². The van der Waals surface area contributed by atoms with Gasteiger partial charge in [0, 0.05) is 32.4 Å². The van der Waals surface area contributed by atoms with Crippen LogP contribution in [0.4, 0.5) is 5.82 Å². The Morgan fingerprint density at radius 2 is 2.21 bits per heavy atom. The van der Waals surface area contributed by atoms with E-state index in [9.17, 15) is 0 Å². The minimum Gasteiger partial charge on any atom is -0.358 e.